The first kappa shape index (κ1) is 92.7. The largest absolute Gasteiger partial charge is 0.494 e. The van der Waals surface area contributed by atoms with Gasteiger partial charge in [0.05, 0.1) is 33.6 Å². The molecule has 0 radical (unpaired) electrons. The second-order valence-corrected chi connectivity index (χ2v) is 40.7. The van der Waals surface area contributed by atoms with Gasteiger partial charge in [-0.1, -0.05) is 376 Å². The fourth-order valence-corrected chi connectivity index (χ4v) is 19.6. The second kappa shape index (κ2) is 37.4. The molecule has 3 fully saturated rings. The van der Waals surface area contributed by atoms with E-state index in [4.69, 9.17) is 72.8 Å². The summed E-state index contributed by atoms with van der Waals surface area (Å²) in [5, 5.41) is 17.1. The van der Waals surface area contributed by atoms with Gasteiger partial charge in [-0.15, -0.1) is 0 Å². The first-order valence-corrected chi connectivity index (χ1v) is 49.5. The minimum atomic E-state index is -0.567. The number of aromatic nitrogens is 9. The van der Waals surface area contributed by atoms with E-state index in [1.807, 2.05) is 182 Å². The highest BCUT2D eigenvalue weighted by Gasteiger charge is 2.55. The van der Waals surface area contributed by atoms with E-state index < -0.39 is 55.0 Å². The Morgan fingerprint density at radius 2 is 0.359 bits per heavy atom. The lowest BCUT2D eigenvalue weighted by atomic mass is 9.76. The van der Waals surface area contributed by atoms with Crippen molar-refractivity contribution in [3.63, 3.8) is 0 Å². The van der Waals surface area contributed by atoms with E-state index in [1.165, 1.54) is 75.4 Å². The van der Waals surface area contributed by atoms with Gasteiger partial charge in [0.25, 0.3) is 0 Å². The minimum absolute atomic E-state index is 0.480. The van der Waals surface area contributed by atoms with Crippen molar-refractivity contribution in [1.82, 2.24) is 44.9 Å². The van der Waals surface area contributed by atoms with Gasteiger partial charge in [0.1, 0.15) is 0 Å². The van der Waals surface area contributed by atoms with Gasteiger partial charge < -0.3 is 27.9 Å². The number of hydrogen-bond donors (Lipinski definition) is 0. The molecule has 0 spiro atoms. The Bertz CT molecular complexity index is 8490. The summed E-state index contributed by atoms with van der Waals surface area (Å²) in [6.07, 6.45) is 0. The standard InChI is InChI=1S/C45H36BN3O2.2C41H34BN3O2/c1-44(2)45(3,4)51-46(50-44)34-26-32(31-23-24-39-37-21-12-11-19-35(37)36-20-13-14-22-38(36)40(39)28-31)25-33(27-34)43-48-41(29-15-7-5-8-16-29)47-42(49-43)30-17-9-6-10-18-30;1-40(2)41(3,4)47-42(46-40)32-24-30(36-26-29-19-11-12-20-33(29)34-21-13-14-22-35(34)36)23-31(25-32)39-44-37(27-15-7-5-8-16-27)43-38(45-39)28-17-9-6-10-18-28;1-40(2)41(3,4)47-42(46-40)34-25-32(30-21-22-36-31(23-30)20-19-27-13-11-12-18-35(27)36)24-33(26-34)39-44-37(28-14-7-5-8-15-28)43-38(45-39)29-16-9-6-10-17-29/h5-28H,1-4H3;2*5-26H,1-4H3. The highest BCUT2D eigenvalue weighted by molar-refractivity contribution is 6.63. The van der Waals surface area contributed by atoms with Gasteiger partial charge in [0.15, 0.2) is 52.4 Å². The van der Waals surface area contributed by atoms with Crippen molar-refractivity contribution in [3.05, 3.63) is 413 Å². The molecule has 0 unspecified atom stereocenters. The molecular weight excluding hydrogens is 1780 g/mol. The second-order valence-electron chi connectivity index (χ2n) is 40.7. The molecule has 3 aliphatic rings. The highest BCUT2D eigenvalue weighted by atomic mass is 16.7. The van der Waals surface area contributed by atoms with Crippen molar-refractivity contribution >= 4 is 113 Å². The highest BCUT2D eigenvalue weighted by Crippen LogP contribution is 2.46. The van der Waals surface area contributed by atoms with E-state index in [0.717, 1.165) is 99.8 Å². The molecule has 3 aromatic heterocycles. The van der Waals surface area contributed by atoms with Gasteiger partial charge in [0.2, 0.25) is 0 Å². The Morgan fingerprint density at radius 1 is 0.145 bits per heavy atom. The molecular formula is C127H104B3N9O6. The predicted molar refractivity (Wildman–Crippen MR) is 594 cm³/mol. The first-order valence-electron chi connectivity index (χ1n) is 49.5. The lowest BCUT2D eigenvalue weighted by Crippen LogP contribution is -2.41. The Kier molecular flexibility index (Phi) is 23.9. The average Bonchev–Trinajstić information content (AvgIpc) is 1.73. The number of rotatable bonds is 15. The van der Waals surface area contributed by atoms with Gasteiger partial charge >= 0.3 is 21.4 Å². The summed E-state index contributed by atoms with van der Waals surface area (Å²) >= 11 is 0. The van der Waals surface area contributed by atoms with E-state index in [9.17, 15) is 0 Å². The van der Waals surface area contributed by atoms with Crippen LogP contribution in [0.4, 0.5) is 0 Å². The predicted octanol–water partition coefficient (Wildman–Crippen LogP) is 28.6. The summed E-state index contributed by atoms with van der Waals surface area (Å²) in [5.41, 5.74) is 14.4. The number of fused-ring (bicyclic) bond motifs is 12. The third kappa shape index (κ3) is 18.1. The molecule has 22 aromatic rings. The maximum Gasteiger partial charge on any atom is 0.494 e. The molecule has 145 heavy (non-hydrogen) atoms. The number of hydrogen-bond acceptors (Lipinski definition) is 15. The molecule has 3 saturated heterocycles. The molecule has 0 N–H and O–H groups in total. The third-order valence-corrected chi connectivity index (χ3v) is 29.5. The fourth-order valence-electron chi connectivity index (χ4n) is 19.6. The summed E-state index contributed by atoms with van der Waals surface area (Å²) in [6.45, 7) is 25.0. The summed E-state index contributed by atoms with van der Waals surface area (Å²) in [6, 6.07) is 143. The Hall–Kier alpha value is -16.0. The van der Waals surface area contributed by atoms with Gasteiger partial charge in [-0.3, -0.25) is 0 Å². The molecule has 19 aromatic carbocycles. The Morgan fingerprint density at radius 3 is 0.697 bits per heavy atom. The van der Waals surface area contributed by atoms with Crippen LogP contribution in [0.1, 0.15) is 83.1 Å². The Labute approximate surface area is 845 Å². The van der Waals surface area contributed by atoms with E-state index in [1.54, 1.807) is 0 Å². The van der Waals surface area contributed by atoms with Crippen LogP contribution in [-0.4, -0.2) is 99.8 Å². The van der Waals surface area contributed by atoms with Crippen LogP contribution < -0.4 is 16.4 Å². The molecule has 702 valence electrons. The van der Waals surface area contributed by atoms with Crippen molar-refractivity contribution in [3.8, 4) is 136 Å². The average molecular weight is 1880 g/mol. The molecule has 18 heteroatoms. The Balaban J connectivity index is 0.000000120. The van der Waals surface area contributed by atoms with E-state index >= 15 is 0 Å². The molecule has 0 atom stereocenters. The zero-order chi connectivity index (χ0) is 99.1. The van der Waals surface area contributed by atoms with Crippen LogP contribution in [0.5, 0.6) is 0 Å². The lowest BCUT2D eigenvalue weighted by Gasteiger charge is -2.32. The molecule has 0 saturated carbocycles. The van der Waals surface area contributed by atoms with Crippen LogP contribution in [0.15, 0.2) is 413 Å². The van der Waals surface area contributed by atoms with Crippen LogP contribution in [0.25, 0.3) is 211 Å². The molecule has 25 rings (SSSR count). The fraction of sp³-hybridized carbons (Fsp3) is 0.142. The molecule has 0 amide bonds. The van der Waals surface area contributed by atoms with Crippen molar-refractivity contribution in [2.24, 2.45) is 0 Å². The minimum Gasteiger partial charge on any atom is -0.399 e. The molecule has 0 bridgehead atoms. The monoisotopic (exact) mass is 1880 g/mol. The maximum atomic E-state index is 6.62. The normalized spacial score (nSPS) is 15.3. The zero-order valence-electron chi connectivity index (χ0n) is 83.0. The number of benzene rings is 19. The quantitative estimate of drug-likeness (QED) is 0.0701. The first-order chi connectivity index (χ1) is 70.2. The number of nitrogens with zero attached hydrogens (tertiary/aromatic N) is 9. The van der Waals surface area contributed by atoms with E-state index in [-0.39, 0.29) is 0 Å². The van der Waals surface area contributed by atoms with Crippen LogP contribution >= 0.6 is 0 Å². The van der Waals surface area contributed by atoms with Gasteiger partial charge in [-0.2, -0.15) is 0 Å². The van der Waals surface area contributed by atoms with Gasteiger partial charge in [0, 0.05) is 50.1 Å². The van der Waals surface area contributed by atoms with Crippen LogP contribution in [0.2, 0.25) is 0 Å². The molecule has 15 nitrogen and oxygen atoms in total. The van der Waals surface area contributed by atoms with Crippen molar-refractivity contribution in [2.45, 2.75) is 117 Å². The third-order valence-electron chi connectivity index (χ3n) is 29.5. The van der Waals surface area contributed by atoms with Crippen molar-refractivity contribution in [1.29, 1.82) is 0 Å². The maximum absolute atomic E-state index is 6.62. The smallest absolute Gasteiger partial charge is 0.399 e. The summed E-state index contributed by atoms with van der Waals surface area (Å²) in [4.78, 5) is 45.1. The van der Waals surface area contributed by atoms with Crippen LogP contribution in [0.3, 0.4) is 0 Å². The summed E-state index contributed by atoms with van der Waals surface area (Å²) in [7, 11) is -1.68. The topological polar surface area (TPSA) is 171 Å². The van der Waals surface area contributed by atoms with E-state index in [2.05, 4.69) is 314 Å². The van der Waals surface area contributed by atoms with E-state index in [0.29, 0.717) is 52.4 Å². The molecule has 3 aliphatic heterocycles. The molecule has 6 heterocycles. The van der Waals surface area contributed by atoms with Crippen LogP contribution in [-0.2, 0) is 27.9 Å². The zero-order valence-corrected chi connectivity index (χ0v) is 83.0. The van der Waals surface area contributed by atoms with Gasteiger partial charge in [-0.05, 0) is 245 Å². The molecule has 0 aliphatic carbocycles. The van der Waals surface area contributed by atoms with Crippen molar-refractivity contribution in [2.75, 3.05) is 0 Å². The lowest BCUT2D eigenvalue weighted by molar-refractivity contribution is 0.00578. The summed E-state index contributed by atoms with van der Waals surface area (Å²) < 4.78 is 39.6. The van der Waals surface area contributed by atoms with Crippen LogP contribution in [0, 0.1) is 0 Å². The van der Waals surface area contributed by atoms with Gasteiger partial charge in [-0.25, -0.2) is 44.9 Å². The summed E-state index contributed by atoms with van der Waals surface area (Å²) in [5.74, 6) is 5.47. The van der Waals surface area contributed by atoms with Crippen molar-refractivity contribution < 1.29 is 27.9 Å². The SMILES string of the molecule is CC1(C)OB(c2cc(-c3ccc4c(ccc5ccccc54)c3)cc(-c3nc(-c4ccccc4)nc(-c4ccccc4)n3)c2)OC1(C)C.CC1(C)OB(c2cc(-c3ccc4c5ccccc5c5ccccc5c4c3)cc(-c3nc(-c4ccccc4)nc(-c4ccccc4)n3)c2)OC1(C)C.CC1(C)OB(c2cc(-c3nc(-c4ccccc4)nc(-c4ccccc4)n3)cc(-c3cc4ccccc4c4ccccc34)c2)OC1(C)C.